The highest BCUT2D eigenvalue weighted by Gasteiger charge is 2.26. The van der Waals surface area contributed by atoms with Crippen molar-refractivity contribution in [3.05, 3.63) is 54.0 Å². The van der Waals surface area contributed by atoms with Crippen LogP contribution >= 0.6 is 0 Å². The van der Waals surface area contributed by atoms with Crippen LogP contribution < -0.4 is 4.90 Å². The van der Waals surface area contributed by atoms with Crippen molar-refractivity contribution in [1.82, 2.24) is 4.90 Å². The Hall–Kier alpha value is -2.48. The second-order valence-corrected chi connectivity index (χ2v) is 7.13. The number of benzene rings is 1. The summed E-state index contributed by atoms with van der Waals surface area (Å²) in [6.07, 6.45) is 4.66. The molecule has 2 aliphatic heterocycles. The quantitative estimate of drug-likeness (QED) is 0.832. The Kier molecular flexibility index (Phi) is 4.23. The Morgan fingerprint density at radius 3 is 2.67 bits per heavy atom. The number of anilines is 1. The molecule has 1 aromatic rings. The van der Waals surface area contributed by atoms with Crippen LogP contribution in [0.5, 0.6) is 0 Å². The molecule has 0 fully saturated rings. The van der Waals surface area contributed by atoms with E-state index in [0.29, 0.717) is 23.6 Å². The number of amidine groups is 1. The zero-order chi connectivity index (χ0) is 17.3. The van der Waals surface area contributed by atoms with Crippen LogP contribution in [0.1, 0.15) is 6.92 Å². The number of nitrogens with zero attached hydrogens (tertiary/aromatic N) is 3. The molecule has 0 saturated heterocycles. The molecule has 0 bridgehead atoms. The van der Waals surface area contributed by atoms with Gasteiger partial charge in [-0.1, -0.05) is 0 Å². The molecule has 1 aromatic carbocycles. The zero-order valence-corrected chi connectivity index (χ0v) is 13.8. The molecule has 0 aromatic heterocycles. The molecule has 6 nitrogen and oxygen atoms in total. The fourth-order valence-corrected chi connectivity index (χ4v) is 3.52. The molecule has 2 aliphatic rings. The maximum absolute atomic E-state index is 13.1. The van der Waals surface area contributed by atoms with Crippen LogP contribution in [-0.2, 0) is 14.8 Å². The first kappa shape index (κ1) is 16.4. The van der Waals surface area contributed by atoms with Gasteiger partial charge in [-0.15, -0.1) is 4.40 Å². The van der Waals surface area contributed by atoms with Crippen molar-refractivity contribution in [2.75, 3.05) is 23.7 Å². The summed E-state index contributed by atoms with van der Waals surface area (Å²) < 4.78 is 39.8. The van der Waals surface area contributed by atoms with Crippen LogP contribution in [-0.4, -0.2) is 43.9 Å². The summed E-state index contributed by atoms with van der Waals surface area (Å²) in [6.45, 7) is 2.50. The molecule has 24 heavy (non-hydrogen) atoms. The van der Waals surface area contributed by atoms with Gasteiger partial charge in [0.2, 0.25) is 0 Å². The highest BCUT2D eigenvalue weighted by atomic mass is 32.2. The van der Waals surface area contributed by atoms with Gasteiger partial charge in [-0.2, -0.15) is 0 Å². The van der Waals surface area contributed by atoms with Crippen molar-refractivity contribution in [3.8, 4) is 0 Å². The molecular weight excluding hydrogens is 333 g/mol. The van der Waals surface area contributed by atoms with Gasteiger partial charge in [0.15, 0.2) is 0 Å². The Labute approximate surface area is 139 Å². The lowest BCUT2D eigenvalue weighted by molar-refractivity contribution is -0.114. The Morgan fingerprint density at radius 2 is 2.00 bits per heavy atom. The fourth-order valence-electron chi connectivity index (χ4n) is 2.55. The number of halogens is 1. The number of likely N-dealkylation sites (N-methyl/N-ethyl adjacent to an activating group) is 1. The number of amides is 1. The van der Waals surface area contributed by atoms with Gasteiger partial charge in [-0.05, 0) is 43.3 Å². The standard InChI is InChI=1S/C16H16FN3O3S/c1-2-20(14-6-4-13(17)5-7-14)16(21)12-3-8-15-18-24(22,23)10-9-19(15)11-12/h3-8,11H,2,9-10H2,1H3. The van der Waals surface area contributed by atoms with E-state index >= 15 is 0 Å². The highest BCUT2D eigenvalue weighted by Crippen LogP contribution is 2.21. The minimum atomic E-state index is -3.42. The van der Waals surface area contributed by atoms with Gasteiger partial charge in [-0.3, -0.25) is 4.79 Å². The molecule has 0 saturated carbocycles. The number of rotatable bonds is 3. The monoisotopic (exact) mass is 349 g/mol. The lowest BCUT2D eigenvalue weighted by Crippen LogP contribution is -2.39. The van der Waals surface area contributed by atoms with E-state index in [1.807, 2.05) is 6.92 Å². The van der Waals surface area contributed by atoms with Crippen molar-refractivity contribution in [1.29, 1.82) is 0 Å². The summed E-state index contributed by atoms with van der Waals surface area (Å²) in [5.74, 6) is -0.387. The number of hydrogen-bond acceptors (Lipinski definition) is 4. The maximum atomic E-state index is 13.1. The van der Waals surface area contributed by atoms with Crippen LogP contribution in [0.3, 0.4) is 0 Å². The molecule has 126 valence electrons. The van der Waals surface area contributed by atoms with Gasteiger partial charge >= 0.3 is 0 Å². The summed E-state index contributed by atoms with van der Waals surface area (Å²) in [4.78, 5) is 15.9. The maximum Gasteiger partial charge on any atom is 0.259 e. The van der Waals surface area contributed by atoms with Crippen LogP contribution in [0.15, 0.2) is 52.6 Å². The topological polar surface area (TPSA) is 70.1 Å². The first-order valence-corrected chi connectivity index (χ1v) is 9.07. The number of sulfonamides is 1. The summed E-state index contributed by atoms with van der Waals surface area (Å²) in [7, 11) is -3.42. The van der Waals surface area contributed by atoms with E-state index in [4.69, 9.17) is 0 Å². The van der Waals surface area contributed by atoms with Gasteiger partial charge in [-0.25, -0.2) is 12.8 Å². The van der Waals surface area contributed by atoms with Gasteiger partial charge < -0.3 is 9.80 Å². The van der Waals surface area contributed by atoms with Crippen molar-refractivity contribution in [2.45, 2.75) is 6.92 Å². The lowest BCUT2D eigenvalue weighted by Gasteiger charge is -2.29. The molecule has 2 heterocycles. The SMILES string of the molecule is CCN(C(=O)C1=CN2CCS(=O)(=O)N=C2C=C1)c1ccc(F)cc1. The van der Waals surface area contributed by atoms with Crippen molar-refractivity contribution in [3.63, 3.8) is 0 Å². The van der Waals surface area contributed by atoms with Crippen molar-refractivity contribution < 1.29 is 17.6 Å². The average Bonchev–Trinajstić information content (AvgIpc) is 2.56. The third-order valence-electron chi connectivity index (χ3n) is 3.77. The first-order chi connectivity index (χ1) is 11.4. The van der Waals surface area contributed by atoms with Crippen LogP contribution in [0.2, 0.25) is 0 Å². The Bertz CT molecular complexity index is 857. The van der Waals surface area contributed by atoms with E-state index in [-0.39, 0.29) is 24.0 Å². The predicted octanol–water partition coefficient (Wildman–Crippen LogP) is 1.68. The van der Waals surface area contributed by atoms with Crippen molar-refractivity contribution >= 4 is 27.5 Å². The van der Waals surface area contributed by atoms with E-state index in [2.05, 4.69) is 4.40 Å². The number of carbonyl (C=O) groups excluding carboxylic acids is 1. The van der Waals surface area contributed by atoms with E-state index in [1.165, 1.54) is 23.1 Å². The first-order valence-electron chi connectivity index (χ1n) is 7.46. The van der Waals surface area contributed by atoms with Crippen LogP contribution in [0.25, 0.3) is 0 Å². The normalized spacial score (nSPS) is 18.5. The van der Waals surface area contributed by atoms with Gasteiger partial charge in [0.05, 0.1) is 11.3 Å². The molecule has 0 aliphatic carbocycles. The Morgan fingerprint density at radius 1 is 1.29 bits per heavy atom. The van der Waals surface area contributed by atoms with Crippen molar-refractivity contribution in [2.24, 2.45) is 4.40 Å². The average molecular weight is 349 g/mol. The molecule has 0 N–H and O–H groups in total. The summed E-state index contributed by atoms with van der Waals surface area (Å²) in [6, 6.07) is 5.70. The molecular formula is C16H16FN3O3S. The minimum absolute atomic E-state index is 0.0856. The predicted molar refractivity (Wildman–Crippen MR) is 89.6 cm³/mol. The van der Waals surface area contributed by atoms with Gasteiger partial charge in [0, 0.05) is 25.0 Å². The lowest BCUT2D eigenvalue weighted by atomic mass is 10.1. The second-order valence-electron chi connectivity index (χ2n) is 5.37. The van der Waals surface area contributed by atoms with E-state index < -0.39 is 10.0 Å². The molecule has 0 unspecified atom stereocenters. The zero-order valence-electron chi connectivity index (χ0n) is 13.0. The van der Waals surface area contributed by atoms with E-state index in [0.717, 1.165) is 0 Å². The molecule has 0 atom stereocenters. The third-order valence-corrected chi connectivity index (χ3v) is 4.93. The summed E-state index contributed by atoms with van der Waals surface area (Å²) in [5.41, 5.74) is 1.01. The van der Waals surface area contributed by atoms with Gasteiger partial charge in [0.25, 0.3) is 15.9 Å². The van der Waals surface area contributed by atoms with E-state index in [1.54, 1.807) is 29.3 Å². The molecule has 3 rings (SSSR count). The largest absolute Gasteiger partial charge is 0.330 e. The van der Waals surface area contributed by atoms with E-state index in [9.17, 15) is 17.6 Å². The number of carbonyl (C=O) groups is 1. The van der Waals surface area contributed by atoms with Crippen LogP contribution in [0, 0.1) is 5.82 Å². The number of fused-ring (bicyclic) bond motifs is 1. The molecule has 8 heteroatoms. The minimum Gasteiger partial charge on any atom is -0.330 e. The summed E-state index contributed by atoms with van der Waals surface area (Å²) in [5, 5.41) is 0. The second kappa shape index (κ2) is 6.20. The van der Waals surface area contributed by atoms with Gasteiger partial charge in [0.1, 0.15) is 11.7 Å². The number of hydrogen-bond donors (Lipinski definition) is 0. The van der Waals surface area contributed by atoms with Crippen LogP contribution in [0.4, 0.5) is 10.1 Å². The Balaban J connectivity index is 1.86. The highest BCUT2D eigenvalue weighted by molar-refractivity contribution is 7.90. The molecule has 0 radical (unpaired) electrons. The molecule has 0 spiro atoms. The fraction of sp³-hybridized carbons (Fsp3) is 0.250. The molecule has 1 amide bonds. The summed E-state index contributed by atoms with van der Waals surface area (Å²) >= 11 is 0. The smallest absolute Gasteiger partial charge is 0.259 e. The third kappa shape index (κ3) is 3.23.